The second kappa shape index (κ2) is 10.8. The lowest BCUT2D eigenvalue weighted by atomic mass is 10.1. The van der Waals surface area contributed by atoms with Crippen molar-refractivity contribution in [2.24, 2.45) is 0 Å². The van der Waals surface area contributed by atoms with E-state index in [1.165, 1.54) is 29.1 Å². The summed E-state index contributed by atoms with van der Waals surface area (Å²) in [6.07, 6.45) is 1.29. The van der Waals surface area contributed by atoms with E-state index in [0.717, 1.165) is 5.75 Å². The zero-order chi connectivity index (χ0) is 19.8. The fourth-order valence-corrected chi connectivity index (χ4v) is 5.98. The standard InChI is InChI=1S/C22H28N2O2S2/c1-24(2)20(17-7-4-3-5-8-17)15-23-21(25)16-26-19-11-9-18(10-12-19)22-27-13-6-14-28-22/h3-5,7-12,20,22H,6,13-16H2,1-2H3,(H,23,25). The van der Waals surface area contributed by atoms with Crippen LogP contribution in [-0.2, 0) is 4.79 Å². The highest BCUT2D eigenvalue weighted by molar-refractivity contribution is 8.16. The second-order valence-corrected chi connectivity index (χ2v) is 9.70. The molecule has 0 aromatic heterocycles. The highest BCUT2D eigenvalue weighted by atomic mass is 32.2. The van der Waals surface area contributed by atoms with E-state index in [-0.39, 0.29) is 18.6 Å². The van der Waals surface area contributed by atoms with Crippen LogP contribution in [0.3, 0.4) is 0 Å². The fraction of sp³-hybridized carbons (Fsp3) is 0.409. The molecule has 0 saturated carbocycles. The Bertz CT molecular complexity index is 732. The Balaban J connectivity index is 1.46. The van der Waals surface area contributed by atoms with Gasteiger partial charge in [-0.25, -0.2) is 0 Å². The number of hydrogen-bond donors (Lipinski definition) is 1. The number of thioether (sulfide) groups is 2. The first-order chi connectivity index (χ1) is 13.6. The van der Waals surface area contributed by atoms with Crippen LogP contribution in [0.15, 0.2) is 54.6 Å². The summed E-state index contributed by atoms with van der Waals surface area (Å²) in [5, 5.41) is 2.98. The van der Waals surface area contributed by atoms with Gasteiger partial charge in [-0.15, -0.1) is 23.5 Å². The number of nitrogens with zero attached hydrogens (tertiary/aromatic N) is 1. The molecule has 2 aromatic carbocycles. The Labute approximate surface area is 176 Å². The molecular weight excluding hydrogens is 388 g/mol. The number of benzene rings is 2. The van der Waals surface area contributed by atoms with Gasteiger partial charge in [0, 0.05) is 6.54 Å². The average molecular weight is 417 g/mol. The molecule has 3 rings (SSSR count). The van der Waals surface area contributed by atoms with E-state index in [4.69, 9.17) is 4.74 Å². The summed E-state index contributed by atoms with van der Waals surface area (Å²) < 4.78 is 6.19. The smallest absolute Gasteiger partial charge is 0.258 e. The molecule has 0 bridgehead atoms. The van der Waals surface area contributed by atoms with Gasteiger partial charge in [0.15, 0.2) is 6.61 Å². The summed E-state index contributed by atoms with van der Waals surface area (Å²) in [6, 6.07) is 18.5. The van der Waals surface area contributed by atoms with Crippen LogP contribution in [0.5, 0.6) is 5.75 Å². The number of amides is 1. The van der Waals surface area contributed by atoms with E-state index in [0.29, 0.717) is 11.1 Å². The van der Waals surface area contributed by atoms with E-state index >= 15 is 0 Å². The van der Waals surface area contributed by atoms with Crippen LogP contribution in [0.2, 0.25) is 0 Å². The number of rotatable bonds is 8. The number of hydrogen-bond acceptors (Lipinski definition) is 5. The van der Waals surface area contributed by atoms with E-state index in [1.54, 1.807) is 0 Å². The van der Waals surface area contributed by atoms with E-state index in [9.17, 15) is 4.79 Å². The van der Waals surface area contributed by atoms with Crippen LogP contribution in [-0.4, -0.2) is 49.6 Å². The molecule has 4 nitrogen and oxygen atoms in total. The van der Waals surface area contributed by atoms with Crippen molar-refractivity contribution in [3.63, 3.8) is 0 Å². The number of carbonyl (C=O) groups is 1. The van der Waals surface area contributed by atoms with Gasteiger partial charge in [0.1, 0.15) is 5.75 Å². The molecule has 6 heteroatoms. The molecule has 1 heterocycles. The van der Waals surface area contributed by atoms with Gasteiger partial charge in [0.05, 0.1) is 10.6 Å². The minimum Gasteiger partial charge on any atom is -0.484 e. The molecule has 150 valence electrons. The molecular formula is C22H28N2O2S2. The molecule has 1 aliphatic rings. The van der Waals surface area contributed by atoms with Crippen LogP contribution < -0.4 is 10.1 Å². The zero-order valence-corrected chi connectivity index (χ0v) is 18.1. The van der Waals surface area contributed by atoms with Crippen molar-refractivity contribution < 1.29 is 9.53 Å². The summed E-state index contributed by atoms with van der Waals surface area (Å²) in [4.78, 5) is 14.3. The van der Waals surface area contributed by atoms with Gasteiger partial charge in [-0.2, -0.15) is 0 Å². The molecule has 1 aliphatic heterocycles. The first kappa shape index (κ1) is 21.1. The van der Waals surface area contributed by atoms with Gasteiger partial charge < -0.3 is 15.0 Å². The maximum absolute atomic E-state index is 12.2. The third kappa shape index (κ3) is 6.19. The fourth-order valence-electron chi connectivity index (χ4n) is 3.09. The highest BCUT2D eigenvalue weighted by Gasteiger charge is 2.17. The molecule has 1 N–H and O–H groups in total. The number of carbonyl (C=O) groups excluding carboxylic acids is 1. The molecule has 0 spiro atoms. The van der Waals surface area contributed by atoms with E-state index < -0.39 is 0 Å². The summed E-state index contributed by atoms with van der Waals surface area (Å²) in [5.41, 5.74) is 2.51. The first-order valence-electron chi connectivity index (χ1n) is 9.57. The maximum atomic E-state index is 12.2. The van der Waals surface area contributed by atoms with E-state index in [2.05, 4.69) is 34.5 Å². The maximum Gasteiger partial charge on any atom is 0.258 e. The lowest BCUT2D eigenvalue weighted by molar-refractivity contribution is -0.123. The average Bonchev–Trinajstić information content (AvgIpc) is 2.74. The Kier molecular flexibility index (Phi) is 8.13. The molecule has 28 heavy (non-hydrogen) atoms. The molecule has 1 atom stereocenters. The lowest BCUT2D eigenvalue weighted by Crippen LogP contribution is -2.36. The van der Waals surface area contributed by atoms with Crippen LogP contribution in [0, 0.1) is 0 Å². The molecule has 1 amide bonds. The van der Waals surface area contributed by atoms with Gasteiger partial charge in [-0.05, 0) is 55.3 Å². The third-order valence-corrected chi connectivity index (χ3v) is 7.66. The monoisotopic (exact) mass is 416 g/mol. The minimum atomic E-state index is -0.106. The summed E-state index contributed by atoms with van der Waals surface area (Å²) >= 11 is 4.01. The quantitative estimate of drug-likeness (QED) is 0.693. The van der Waals surface area contributed by atoms with Crippen LogP contribution >= 0.6 is 23.5 Å². The predicted octanol–water partition coefficient (Wildman–Crippen LogP) is 4.35. The van der Waals surface area contributed by atoms with Crippen molar-refractivity contribution in [3.05, 3.63) is 65.7 Å². The van der Waals surface area contributed by atoms with Crippen LogP contribution in [0.25, 0.3) is 0 Å². The predicted molar refractivity (Wildman–Crippen MR) is 120 cm³/mol. The van der Waals surface area contributed by atoms with Crippen molar-refractivity contribution in [3.8, 4) is 5.75 Å². The normalized spacial score (nSPS) is 16.0. The van der Waals surface area contributed by atoms with Crippen molar-refractivity contribution in [2.45, 2.75) is 17.0 Å². The second-order valence-electron chi connectivity index (χ2n) is 6.98. The van der Waals surface area contributed by atoms with E-state index in [1.807, 2.05) is 68.0 Å². The third-order valence-electron chi connectivity index (χ3n) is 4.65. The van der Waals surface area contributed by atoms with Gasteiger partial charge >= 0.3 is 0 Å². The summed E-state index contributed by atoms with van der Waals surface area (Å²) in [5.74, 6) is 3.09. The lowest BCUT2D eigenvalue weighted by Gasteiger charge is -2.25. The van der Waals surface area contributed by atoms with Crippen molar-refractivity contribution in [1.29, 1.82) is 0 Å². The van der Waals surface area contributed by atoms with Gasteiger partial charge in [-0.3, -0.25) is 4.79 Å². The zero-order valence-electron chi connectivity index (χ0n) is 16.5. The van der Waals surface area contributed by atoms with Gasteiger partial charge in [0.2, 0.25) is 0 Å². The Hall–Kier alpha value is -1.63. The Morgan fingerprint density at radius 1 is 1.11 bits per heavy atom. The largest absolute Gasteiger partial charge is 0.484 e. The first-order valence-corrected chi connectivity index (χ1v) is 11.7. The molecule has 1 fully saturated rings. The topological polar surface area (TPSA) is 41.6 Å². The molecule has 0 radical (unpaired) electrons. The molecule has 0 aliphatic carbocycles. The number of likely N-dealkylation sites (N-methyl/N-ethyl adjacent to an activating group) is 1. The van der Waals surface area contributed by atoms with Crippen molar-refractivity contribution in [2.75, 3.05) is 38.8 Å². The Morgan fingerprint density at radius 3 is 2.43 bits per heavy atom. The summed E-state index contributed by atoms with van der Waals surface area (Å²) in [7, 11) is 4.04. The van der Waals surface area contributed by atoms with Gasteiger partial charge in [-0.1, -0.05) is 42.5 Å². The van der Waals surface area contributed by atoms with Crippen molar-refractivity contribution in [1.82, 2.24) is 10.2 Å². The number of nitrogens with one attached hydrogen (secondary N) is 1. The minimum absolute atomic E-state index is 0.0290. The Morgan fingerprint density at radius 2 is 1.79 bits per heavy atom. The summed E-state index contributed by atoms with van der Waals surface area (Å²) in [6.45, 7) is 0.579. The SMILES string of the molecule is CN(C)C(CNC(=O)COc1ccc(C2SCCCS2)cc1)c1ccccc1. The molecule has 1 unspecified atom stereocenters. The van der Waals surface area contributed by atoms with Crippen molar-refractivity contribution >= 4 is 29.4 Å². The highest BCUT2D eigenvalue weighted by Crippen LogP contribution is 2.43. The number of ether oxygens (including phenoxy) is 1. The van der Waals surface area contributed by atoms with Crippen LogP contribution in [0.1, 0.15) is 28.2 Å². The molecule has 2 aromatic rings. The van der Waals surface area contributed by atoms with Gasteiger partial charge in [0.25, 0.3) is 5.91 Å². The molecule has 1 saturated heterocycles. The van der Waals surface area contributed by atoms with Crippen LogP contribution in [0.4, 0.5) is 0 Å².